The first-order valence-electron chi connectivity index (χ1n) is 10.7. The Morgan fingerprint density at radius 3 is 2.38 bits per heavy atom. The molecule has 6 nitrogen and oxygen atoms in total. The number of benzene rings is 1. The Morgan fingerprint density at radius 2 is 1.79 bits per heavy atom. The van der Waals surface area contributed by atoms with Crippen molar-refractivity contribution in [2.75, 3.05) is 26.2 Å². The van der Waals surface area contributed by atoms with Gasteiger partial charge in [0.25, 0.3) is 0 Å². The maximum absolute atomic E-state index is 12.8. The van der Waals surface area contributed by atoms with Crippen molar-refractivity contribution in [3.8, 4) is 0 Å². The molecular weight excluding hydrogens is 366 g/mol. The number of carbonyl (C=O) groups is 2. The van der Waals surface area contributed by atoms with Crippen molar-refractivity contribution in [1.29, 1.82) is 0 Å². The van der Waals surface area contributed by atoms with Crippen LogP contribution >= 0.6 is 0 Å². The molecule has 1 aromatic carbocycles. The van der Waals surface area contributed by atoms with E-state index in [0.717, 1.165) is 19.6 Å². The monoisotopic (exact) mass is 401 g/mol. The molecule has 2 aliphatic heterocycles. The lowest BCUT2D eigenvalue weighted by Crippen LogP contribution is -2.61. The molecule has 29 heavy (non-hydrogen) atoms. The predicted octanol–water partition coefficient (Wildman–Crippen LogP) is 3.36. The second kappa shape index (κ2) is 8.74. The van der Waals surface area contributed by atoms with Gasteiger partial charge >= 0.3 is 6.09 Å². The Kier molecular flexibility index (Phi) is 6.52. The largest absolute Gasteiger partial charge is 0.444 e. The highest BCUT2D eigenvalue weighted by Gasteiger charge is 2.38. The summed E-state index contributed by atoms with van der Waals surface area (Å²) in [5, 5.41) is 0. The molecule has 0 radical (unpaired) electrons. The van der Waals surface area contributed by atoms with Gasteiger partial charge in [-0.2, -0.15) is 0 Å². The van der Waals surface area contributed by atoms with Crippen LogP contribution in [-0.4, -0.2) is 70.6 Å². The third-order valence-electron chi connectivity index (χ3n) is 5.65. The number of piperazine rings is 1. The van der Waals surface area contributed by atoms with Crippen molar-refractivity contribution in [2.24, 2.45) is 5.92 Å². The third kappa shape index (κ3) is 5.72. The summed E-state index contributed by atoms with van der Waals surface area (Å²) in [5.74, 6) is 0.620. The van der Waals surface area contributed by atoms with Crippen LogP contribution < -0.4 is 0 Å². The Balaban J connectivity index is 1.76. The topological polar surface area (TPSA) is 53.1 Å². The van der Waals surface area contributed by atoms with E-state index in [0.29, 0.717) is 25.4 Å². The first kappa shape index (κ1) is 21.6. The highest BCUT2D eigenvalue weighted by Crippen LogP contribution is 2.24. The van der Waals surface area contributed by atoms with Crippen LogP contribution in [-0.2, 0) is 16.1 Å². The second-order valence-electron chi connectivity index (χ2n) is 9.66. The number of amides is 2. The summed E-state index contributed by atoms with van der Waals surface area (Å²) in [7, 11) is 0. The lowest BCUT2D eigenvalue weighted by Gasteiger charge is -2.46. The zero-order valence-electron chi connectivity index (χ0n) is 18.4. The van der Waals surface area contributed by atoms with E-state index < -0.39 is 5.60 Å². The van der Waals surface area contributed by atoms with Crippen LogP contribution in [0.5, 0.6) is 0 Å². The summed E-state index contributed by atoms with van der Waals surface area (Å²) >= 11 is 0. The number of ether oxygens (including phenoxy) is 1. The molecule has 3 atom stereocenters. The van der Waals surface area contributed by atoms with Gasteiger partial charge in [0.2, 0.25) is 5.91 Å². The van der Waals surface area contributed by atoms with E-state index in [1.54, 1.807) is 0 Å². The van der Waals surface area contributed by atoms with E-state index in [2.05, 4.69) is 43.0 Å². The lowest BCUT2D eigenvalue weighted by atomic mass is 10.1. The van der Waals surface area contributed by atoms with Crippen LogP contribution in [0, 0.1) is 5.92 Å². The first-order chi connectivity index (χ1) is 13.6. The maximum Gasteiger partial charge on any atom is 0.410 e. The SMILES string of the molecule is CC1CC(=O)N(CC2CN(C(=O)OC(C)(C)C)C(C)CN2Cc2ccccc2)C1. The molecular formula is C23H35N3O3. The molecule has 2 heterocycles. The summed E-state index contributed by atoms with van der Waals surface area (Å²) in [5.41, 5.74) is 0.727. The zero-order chi connectivity index (χ0) is 21.2. The van der Waals surface area contributed by atoms with Gasteiger partial charge in [-0.1, -0.05) is 37.3 Å². The summed E-state index contributed by atoms with van der Waals surface area (Å²) < 4.78 is 5.65. The second-order valence-corrected chi connectivity index (χ2v) is 9.66. The maximum atomic E-state index is 12.8. The van der Waals surface area contributed by atoms with Gasteiger partial charge < -0.3 is 14.5 Å². The molecule has 6 heteroatoms. The molecule has 0 N–H and O–H groups in total. The Bertz CT molecular complexity index is 716. The molecule has 2 saturated heterocycles. The molecule has 0 spiro atoms. The minimum atomic E-state index is -0.520. The van der Waals surface area contributed by atoms with Crippen LogP contribution in [0.15, 0.2) is 30.3 Å². The molecule has 2 aliphatic rings. The highest BCUT2D eigenvalue weighted by atomic mass is 16.6. The molecule has 2 fully saturated rings. The molecule has 160 valence electrons. The number of hydrogen-bond donors (Lipinski definition) is 0. The third-order valence-corrected chi connectivity index (χ3v) is 5.65. The van der Waals surface area contributed by atoms with Crippen LogP contribution in [0.1, 0.15) is 46.6 Å². The average molecular weight is 402 g/mol. The molecule has 3 rings (SSSR count). The van der Waals surface area contributed by atoms with Gasteiger partial charge in [0, 0.05) is 51.2 Å². The van der Waals surface area contributed by atoms with Crippen molar-refractivity contribution >= 4 is 12.0 Å². The molecule has 3 unspecified atom stereocenters. The van der Waals surface area contributed by atoms with Crippen LogP contribution in [0.2, 0.25) is 0 Å². The minimum absolute atomic E-state index is 0.0537. The number of nitrogens with zero attached hydrogens (tertiary/aromatic N) is 3. The van der Waals surface area contributed by atoms with Crippen LogP contribution in [0.3, 0.4) is 0 Å². The average Bonchev–Trinajstić information content (AvgIpc) is 2.93. The van der Waals surface area contributed by atoms with Gasteiger partial charge in [0.1, 0.15) is 5.60 Å². The van der Waals surface area contributed by atoms with E-state index in [-0.39, 0.29) is 24.1 Å². The number of hydrogen-bond acceptors (Lipinski definition) is 4. The lowest BCUT2D eigenvalue weighted by molar-refractivity contribution is -0.128. The van der Waals surface area contributed by atoms with Crippen molar-refractivity contribution in [2.45, 2.75) is 65.3 Å². The summed E-state index contributed by atoms with van der Waals surface area (Å²) in [6.07, 6.45) is 0.355. The van der Waals surface area contributed by atoms with Crippen LogP contribution in [0.25, 0.3) is 0 Å². The molecule has 0 saturated carbocycles. The van der Waals surface area contributed by atoms with Gasteiger partial charge in [-0.25, -0.2) is 4.79 Å². The van der Waals surface area contributed by atoms with E-state index in [9.17, 15) is 9.59 Å². The summed E-state index contributed by atoms with van der Waals surface area (Å²) in [6.45, 7) is 13.5. The van der Waals surface area contributed by atoms with Crippen molar-refractivity contribution in [1.82, 2.24) is 14.7 Å². The number of rotatable bonds is 4. The van der Waals surface area contributed by atoms with Crippen LogP contribution in [0.4, 0.5) is 4.79 Å². The van der Waals surface area contributed by atoms with Gasteiger partial charge in [-0.05, 0) is 39.2 Å². The van der Waals surface area contributed by atoms with E-state index in [1.807, 2.05) is 36.6 Å². The molecule has 0 aromatic heterocycles. The fourth-order valence-corrected chi connectivity index (χ4v) is 4.27. The van der Waals surface area contributed by atoms with Gasteiger partial charge in [-0.15, -0.1) is 0 Å². The van der Waals surface area contributed by atoms with Gasteiger partial charge in [0.05, 0.1) is 0 Å². The number of likely N-dealkylation sites (tertiary alicyclic amines) is 1. The van der Waals surface area contributed by atoms with E-state index >= 15 is 0 Å². The summed E-state index contributed by atoms with van der Waals surface area (Å²) in [6, 6.07) is 10.5. The van der Waals surface area contributed by atoms with Gasteiger partial charge in [-0.3, -0.25) is 9.69 Å². The standard InChI is InChI=1S/C23H35N3O3/c1-17-11-21(27)25(12-17)15-20-16-26(22(28)29-23(3,4)5)18(2)13-24(20)14-19-9-7-6-8-10-19/h6-10,17-18,20H,11-16H2,1-5H3. The fraction of sp³-hybridized carbons (Fsp3) is 0.652. The molecule has 0 bridgehead atoms. The molecule has 0 aliphatic carbocycles. The Labute approximate surface area is 174 Å². The van der Waals surface area contributed by atoms with Gasteiger partial charge in [0.15, 0.2) is 0 Å². The minimum Gasteiger partial charge on any atom is -0.444 e. The van der Waals surface area contributed by atoms with Crippen molar-refractivity contribution in [3.05, 3.63) is 35.9 Å². The smallest absolute Gasteiger partial charge is 0.410 e. The molecule has 1 aromatic rings. The normalized spacial score (nSPS) is 26.1. The highest BCUT2D eigenvalue weighted by molar-refractivity contribution is 5.78. The molecule has 2 amide bonds. The van der Waals surface area contributed by atoms with Crippen molar-refractivity contribution < 1.29 is 14.3 Å². The predicted molar refractivity (Wildman–Crippen MR) is 113 cm³/mol. The summed E-state index contributed by atoms with van der Waals surface area (Å²) in [4.78, 5) is 31.4. The quantitative estimate of drug-likeness (QED) is 0.776. The number of carbonyl (C=O) groups excluding carboxylic acids is 2. The Hall–Kier alpha value is -2.08. The van der Waals surface area contributed by atoms with E-state index in [1.165, 1.54) is 5.56 Å². The van der Waals surface area contributed by atoms with Crippen molar-refractivity contribution in [3.63, 3.8) is 0 Å². The Morgan fingerprint density at radius 1 is 1.10 bits per heavy atom. The first-order valence-corrected chi connectivity index (χ1v) is 10.7. The fourth-order valence-electron chi connectivity index (χ4n) is 4.27. The zero-order valence-corrected chi connectivity index (χ0v) is 18.4. The van der Waals surface area contributed by atoms with E-state index in [4.69, 9.17) is 4.74 Å².